The summed E-state index contributed by atoms with van der Waals surface area (Å²) in [5.74, 6) is -1.08. The van der Waals surface area contributed by atoms with Crippen LogP contribution in [0, 0.1) is 11.3 Å². The molecule has 2 rings (SSSR count). The van der Waals surface area contributed by atoms with E-state index in [2.05, 4.69) is 32.3 Å². The molecule has 1 heterocycles. The summed E-state index contributed by atoms with van der Waals surface area (Å²) in [6, 6.07) is 10.3. The molecule has 0 aliphatic heterocycles. The molecule has 0 aliphatic carbocycles. The molecule has 6 heteroatoms. The van der Waals surface area contributed by atoms with E-state index < -0.39 is 5.97 Å². The number of benzene rings is 1. The summed E-state index contributed by atoms with van der Waals surface area (Å²) in [5, 5.41) is 20.8. The number of hydrogen-bond acceptors (Lipinski definition) is 4. The van der Waals surface area contributed by atoms with Crippen LogP contribution in [0.25, 0.3) is 0 Å². The fourth-order valence-electron chi connectivity index (χ4n) is 1.47. The summed E-state index contributed by atoms with van der Waals surface area (Å²) >= 11 is 3.29. The first-order valence-electron chi connectivity index (χ1n) is 5.26. The summed E-state index contributed by atoms with van der Waals surface area (Å²) in [6.07, 6.45) is 1.41. The minimum Gasteiger partial charge on any atom is -0.477 e. The molecule has 1 aromatic carbocycles. The first-order chi connectivity index (χ1) is 9.10. The lowest BCUT2D eigenvalue weighted by molar-refractivity contribution is 0.0690. The van der Waals surface area contributed by atoms with Crippen molar-refractivity contribution in [3.63, 3.8) is 0 Å². The fraction of sp³-hybridized carbons (Fsp3) is 0. The zero-order valence-electron chi connectivity index (χ0n) is 9.59. The Bertz CT molecular complexity index is 663. The maximum atomic E-state index is 10.7. The van der Waals surface area contributed by atoms with E-state index in [0.29, 0.717) is 16.9 Å². The van der Waals surface area contributed by atoms with Crippen molar-refractivity contribution in [1.29, 1.82) is 5.26 Å². The molecular weight excluding hydrogens is 310 g/mol. The molecule has 0 unspecified atom stereocenters. The van der Waals surface area contributed by atoms with Crippen LogP contribution >= 0.6 is 15.9 Å². The van der Waals surface area contributed by atoms with Gasteiger partial charge in [-0.25, -0.2) is 9.78 Å². The van der Waals surface area contributed by atoms with E-state index in [1.165, 1.54) is 12.3 Å². The molecule has 19 heavy (non-hydrogen) atoms. The van der Waals surface area contributed by atoms with Gasteiger partial charge in [-0.2, -0.15) is 5.26 Å². The average Bonchev–Trinajstić information content (AvgIpc) is 2.41. The maximum absolute atomic E-state index is 10.7. The van der Waals surface area contributed by atoms with Crippen molar-refractivity contribution in [3.05, 3.63) is 52.3 Å². The van der Waals surface area contributed by atoms with Crippen molar-refractivity contribution >= 4 is 33.3 Å². The van der Waals surface area contributed by atoms with Crippen LogP contribution in [-0.2, 0) is 0 Å². The Morgan fingerprint density at radius 3 is 2.74 bits per heavy atom. The number of carboxylic acid groups (broad SMARTS) is 1. The molecule has 0 aliphatic rings. The van der Waals surface area contributed by atoms with E-state index in [-0.39, 0.29) is 5.69 Å². The predicted molar refractivity (Wildman–Crippen MR) is 73.3 cm³/mol. The van der Waals surface area contributed by atoms with Gasteiger partial charge in [-0.1, -0.05) is 15.9 Å². The van der Waals surface area contributed by atoms with Crippen LogP contribution in [-0.4, -0.2) is 16.1 Å². The number of aromatic nitrogens is 1. The number of pyridine rings is 1. The Hall–Kier alpha value is -2.39. The van der Waals surface area contributed by atoms with Crippen LogP contribution in [0.4, 0.5) is 11.4 Å². The number of hydrogen-bond donors (Lipinski definition) is 2. The van der Waals surface area contributed by atoms with E-state index in [0.717, 1.165) is 4.47 Å². The second-order valence-electron chi connectivity index (χ2n) is 3.66. The third-order valence-corrected chi connectivity index (χ3v) is 2.86. The van der Waals surface area contributed by atoms with E-state index in [1.807, 2.05) is 6.07 Å². The highest BCUT2D eigenvalue weighted by Crippen LogP contribution is 2.23. The van der Waals surface area contributed by atoms with Gasteiger partial charge < -0.3 is 10.4 Å². The molecule has 5 nitrogen and oxygen atoms in total. The number of carboxylic acids is 1. The largest absolute Gasteiger partial charge is 0.477 e. The molecule has 1 aromatic heterocycles. The first-order valence-corrected chi connectivity index (χ1v) is 6.05. The van der Waals surface area contributed by atoms with E-state index in [9.17, 15) is 4.79 Å². The second kappa shape index (κ2) is 5.50. The molecule has 0 spiro atoms. The van der Waals surface area contributed by atoms with Gasteiger partial charge in [-0.15, -0.1) is 0 Å². The van der Waals surface area contributed by atoms with Crippen molar-refractivity contribution in [3.8, 4) is 6.07 Å². The Labute approximate surface area is 117 Å². The monoisotopic (exact) mass is 317 g/mol. The Kier molecular flexibility index (Phi) is 3.78. The zero-order chi connectivity index (χ0) is 13.8. The van der Waals surface area contributed by atoms with Crippen LogP contribution in [0.15, 0.2) is 41.0 Å². The molecule has 0 saturated carbocycles. The van der Waals surface area contributed by atoms with Crippen LogP contribution < -0.4 is 5.32 Å². The van der Waals surface area contributed by atoms with Crippen molar-refractivity contribution in [2.45, 2.75) is 0 Å². The van der Waals surface area contributed by atoms with Gasteiger partial charge in [-0.3, -0.25) is 0 Å². The molecule has 0 atom stereocenters. The lowest BCUT2D eigenvalue weighted by atomic mass is 10.2. The standard InChI is InChI=1S/C13H8BrN3O2/c14-9-1-3-11(8(5-9)6-15)17-10-2-4-12(13(18)19)16-7-10/h1-5,7,17H,(H,18,19). The van der Waals surface area contributed by atoms with Gasteiger partial charge >= 0.3 is 5.97 Å². The molecular formula is C13H8BrN3O2. The number of halogens is 1. The number of nitrogens with one attached hydrogen (secondary N) is 1. The molecule has 0 bridgehead atoms. The van der Waals surface area contributed by atoms with Crippen molar-refractivity contribution in [2.24, 2.45) is 0 Å². The Balaban J connectivity index is 2.26. The lowest BCUT2D eigenvalue weighted by Gasteiger charge is -2.08. The summed E-state index contributed by atoms with van der Waals surface area (Å²) in [4.78, 5) is 14.5. The molecule has 0 saturated heterocycles. The Morgan fingerprint density at radius 1 is 1.37 bits per heavy atom. The van der Waals surface area contributed by atoms with Crippen molar-refractivity contribution in [1.82, 2.24) is 4.98 Å². The molecule has 0 amide bonds. The highest BCUT2D eigenvalue weighted by Gasteiger charge is 2.06. The molecule has 94 valence electrons. The molecule has 0 fully saturated rings. The smallest absolute Gasteiger partial charge is 0.354 e. The number of aromatic carboxylic acids is 1. The highest BCUT2D eigenvalue weighted by atomic mass is 79.9. The maximum Gasteiger partial charge on any atom is 0.354 e. The lowest BCUT2D eigenvalue weighted by Crippen LogP contribution is -2.01. The van der Waals surface area contributed by atoms with Crippen LogP contribution in [0.1, 0.15) is 16.1 Å². The summed E-state index contributed by atoms with van der Waals surface area (Å²) in [6.45, 7) is 0. The van der Waals surface area contributed by atoms with E-state index in [4.69, 9.17) is 10.4 Å². The Morgan fingerprint density at radius 2 is 2.16 bits per heavy atom. The third-order valence-electron chi connectivity index (χ3n) is 2.36. The van der Waals surface area contributed by atoms with Gasteiger partial charge in [0.15, 0.2) is 0 Å². The van der Waals surface area contributed by atoms with Gasteiger partial charge in [0.05, 0.1) is 23.1 Å². The van der Waals surface area contributed by atoms with Gasteiger partial charge in [0.25, 0.3) is 0 Å². The van der Waals surface area contributed by atoms with Gasteiger partial charge in [0.1, 0.15) is 11.8 Å². The SMILES string of the molecule is N#Cc1cc(Br)ccc1Nc1ccc(C(=O)O)nc1. The normalized spacial score (nSPS) is 9.68. The van der Waals surface area contributed by atoms with Crippen LogP contribution in [0.5, 0.6) is 0 Å². The zero-order valence-corrected chi connectivity index (χ0v) is 11.2. The summed E-state index contributed by atoms with van der Waals surface area (Å²) in [7, 11) is 0. The summed E-state index contributed by atoms with van der Waals surface area (Å²) in [5.41, 5.74) is 1.71. The fourth-order valence-corrected chi connectivity index (χ4v) is 1.83. The van der Waals surface area contributed by atoms with Crippen molar-refractivity contribution < 1.29 is 9.90 Å². The number of nitriles is 1. The molecule has 2 N–H and O–H groups in total. The topological polar surface area (TPSA) is 86.0 Å². The number of carbonyl (C=O) groups is 1. The van der Waals surface area contributed by atoms with E-state index >= 15 is 0 Å². The first kappa shape index (κ1) is 13.1. The predicted octanol–water partition coefficient (Wildman–Crippen LogP) is 3.16. The van der Waals surface area contributed by atoms with E-state index in [1.54, 1.807) is 18.2 Å². The number of nitrogens with zero attached hydrogens (tertiary/aromatic N) is 2. The quantitative estimate of drug-likeness (QED) is 0.908. The third kappa shape index (κ3) is 3.09. The summed E-state index contributed by atoms with van der Waals surface area (Å²) < 4.78 is 0.814. The minimum atomic E-state index is -1.08. The average molecular weight is 318 g/mol. The molecule has 0 radical (unpaired) electrons. The second-order valence-corrected chi connectivity index (χ2v) is 4.58. The number of anilines is 2. The minimum absolute atomic E-state index is 0.0261. The van der Waals surface area contributed by atoms with Crippen LogP contribution in [0.3, 0.4) is 0 Å². The highest BCUT2D eigenvalue weighted by molar-refractivity contribution is 9.10. The van der Waals surface area contributed by atoms with Crippen LogP contribution in [0.2, 0.25) is 0 Å². The van der Waals surface area contributed by atoms with Crippen molar-refractivity contribution in [2.75, 3.05) is 5.32 Å². The van der Waals surface area contributed by atoms with Gasteiger partial charge in [-0.05, 0) is 30.3 Å². The van der Waals surface area contributed by atoms with Gasteiger partial charge in [0.2, 0.25) is 0 Å². The number of rotatable bonds is 3. The van der Waals surface area contributed by atoms with Gasteiger partial charge in [0, 0.05) is 4.47 Å². The molecule has 2 aromatic rings.